The second-order valence-corrected chi connectivity index (χ2v) is 2.48. The van der Waals surface area contributed by atoms with E-state index in [9.17, 15) is 4.79 Å². The summed E-state index contributed by atoms with van der Waals surface area (Å²) in [6, 6.07) is 0. The van der Waals surface area contributed by atoms with E-state index in [1.807, 2.05) is 0 Å². The van der Waals surface area contributed by atoms with Gasteiger partial charge in [0.25, 0.3) is 0 Å². The second kappa shape index (κ2) is 2.34. The largest absolute Gasteiger partial charge is 0.338 e. The highest BCUT2D eigenvalue weighted by Crippen LogP contribution is 2.03. The average molecular weight is 152 g/mol. The number of rotatable bonds is 2. The summed E-state index contributed by atoms with van der Waals surface area (Å²) in [5.74, 6) is 0.121. The van der Waals surface area contributed by atoms with E-state index < -0.39 is 0 Å². The third kappa shape index (κ3) is 1.36. The number of amides is 1. The summed E-state index contributed by atoms with van der Waals surface area (Å²) in [5, 5.41) is 7.28. The molecule has 1 aliphatic rings. The highest BCUT2D eigenvalue weighted by atomic mass is 16.2. The lowest BCUT2D eigenvalue weighted by Crippen LogP contribution is -2.18. The molecule has 0 radical (unpaired) electrons. The van der Waals surface area contributed by atoms with Crippen molar-refractivity contribution in [3.05, 3.63) is 12.4 Å². The molecule has 0 saturated carbocycles. The molecule has 58 valence electrons. The van der Waals surface area contributed by atoms with Crippen LogP contribution in [0.3, 0.4) is 0 Å². The first-order valence-corrected chi connectivity index (χ1v) is 3.48. The molecule has 0 atom stereocenters. The third-order valence-electron chi connectivity index (χ3n) is 1.57. The van der Waals surface area contributed by atoms with Crippen LogP contribution in [0.1, 0.15) is 0 Å². The molecule has 2 rings (SSSR count). The minimum Gasteiger partial charge on any atom is -0.338 e. The van der Waals surface area contributed by atoms with Gasteiger partial charge in [-0.05, 0) is 0 Å². The van der Waals surface area contributed by atoms with Crippen molar-refractivity contribution in [1.29, 1.82) is 0 Å². The Labute approximate surface area is 63.6 Å². The summed E-state index contributed by atoms with van der Waals surface area (Å²) in [4.78, 5) is 12.9. The Morgan fingerprint density at radius 2 is 2.36 bits per heavy atom. The maximum atomic E-state index is 11.1. The predicted octanol–water partition coefficient (Wildman–Crippen LogP) is -0.880. The van der Waals surface area contributed by atoms with Crippen molar-refractivity contribution < 1.29 is 4.79 Å². The topological polar surface area (TPSA) is 50.8 Å². The van der Waals surface area contributed by atoms with Crippen molar-refractivity contribution in [2.75, 3.05) is 13.1 Å². The lowest BCUT2D eigenvalue weighted by atomic mass is 10.6. The molecule has 0 spiro atoms. The molecule has 1 aromatic rings. The fraction of sp³-hybridized carbons (Fsp3) is 0.500. The van der Waals surface area contributed by atoms with Gasteiger partial charge < -0.3 is 4.90 Å². The molecule has 11 heavy (non-hydrogen) atoms. The van der Waals surface area contributed by atoms with Crippen molar-refractivity contribution in [1.82, 2.24) is 19.9 Å². The van der Waals surface area contributed by atoms with Crippen molar-refractivity contribution in [2.45, 2.75) is 6.54 Å². The molecule has 0 bridgehead atoms. The molecule has 1 fully saturated rings. The fourth-order valence-electron chi connectivity index (χ4n) is 0.855. The maximum Gasteiger partial charge on any atom is 0.244 e. The summed E-state index contributed by atoms with van der Waals surface area (Å²) in [6.07, 6.45) is 3.25. The van der Waals surface area contributed by atoms with E-state index in [2.05, 4.69) is 10.3 Å². The number of nitrogens with zero attached hydrogens (tertiary/aromatic N) is 4. The van der Waals surface area contributed by atoms with Crippen LogP contribution in [-0.2, 0) is 11.3 Å². The van der Waals surface area contributed by atoms with E-state index in [0.717, 1.165) is 13.1 Å². The smallest absolute Gasteiger partial charge is 0.244 e. The molecule has 0 unspecified atom stereocenters. The summed E-state index contributed by atoms with van der Waals surface area (Å²) >= 11 is 0. The van der Waals surface area contributed by atoms with Crippen LogP contribution in [0, 0.1) is 0 Å². The highest BCUT2D eigenvalue weighted by molar-refractivity contribution is 5.77. The van der Waals surface area contributed by atoms with Crippen LogP contribution in [0.25, 0.3) is 0 Å². The van der Waals surface area contributed by atoms with Crippen LogP contribution < -0.4 is 0 Å². The normalized spacial score (nSPS) is 15.1. The lowest BCUT2D eigenvalue weighted by Gasteiger charge is -1.99. The van der Waals surface area contributed by atoms with E-state index >= 15 is 0 Å². The number of hydrogen-bond donors (Lipinski definition) is 0. The zero-order valence-electron chi connectivity index (χ0n) is 5.97. The first-order valence-electron chi connectivity index (χ1n) is 3.48. The van der Waals surface area contributed by atoms with E-state index in [-0.39, 0.29) is 5.91 Å². The standard InChI is InChI=1S/C6H8N4O/c11-6(9-3-4-9)5-10-2-1-7-8-10/h1-2H,3-5H2. The number of hydrogen-bond acceptors (Lipinski definition) is 3. The van der Waals surface area contributed by atoms with E-state index in [0.29, 0.717) is 6.54 Å². The monoisotopic (exact) mass is 152 g/mol. The van der Waals surface area contributed by atoms with Crippen LogP contribution in [0.4, 0.5) is 0 Å². The van der Waals surface area contributed by atoms with Crippen molar-refractivity contribution in [3.8, 4) is 0 Å². The Balaban J connectivity index is 1.94. The third-order valence-corrected chi connectivity index (χ3v) is 1.57. The fourth-order valence-corrected chi connectivity index (χ4v) is 0.855. The number of carbonyl (C=O) groups excluding carboxylic acids is 1. The van der Waals surface area contributed by atoms with Gasteiger partial charge in [0, 0.05) is 19.3 Å². The predicted molar refractivity (Wildman–Crippen MR) is 36.6 cm³/mol. The Morgan fingerprint density at radius 1 is 1.55 bits per heavy atom. The molecule has 0 aromatic carbocycles. The highest BCUT2D eigenvalue weighted by Gasteiger charge is 2.23. The van der Waals surface area contributed by atoms with E-state index in [1.54, 1.807) is 17.3 Å². The maximum absolute atomic E-state index is 11.1. The molecule has 0 aliphatic carbocycles. The zero-order valence-corrected chi connectivity index (χ0v) is 5.97. The van der Waals surface area contributed by atoms with Gasteiger partial charge in [-0.15, -0.1) is 5.10 Å². The van der Waals surface area contributed by atoms with Crippen LogP contribution in [-0.4, -0.2) is 38.9 Å². The van der Waals surface area contributed by atoms with Gasteiger partial charge in [0.1, 0.15) is 6.54 Å². The minimum atomic E-state index is 0.121. The Bertz CT molecular complexity index is 252. The zero-order chi connectivity index (χ0) is 7.68. The van der Waals surface area contributed by atoms with Crippen molar-refractivity contribution in [3.63, 3.8) is 0 Å². The molecule has 1 amide bonds. The summed E-state index contributed by atoms with van der Waals surface area (Å²) < 4.78 is 1.53. The molecule has 1 aliphatic heterocycles. The summed E-state index contributed by atoms with van der Waals surface area (Å²) in [5.41, 5.74) is 0. The Morgan fingerprint density at radius 3 is 2.91 bits per heavy atom. The van der Waals surface area contributed by atoms with Gasteiger partial charge in [0.2, 0.25) is 5.91 Å². The van der Waals surface area contributed by atoms with E-state index in [4.69, 9.17) is 0 Å². The second-order valence-electron chi connectivity index (χ2n) is 2.48. The van der Waals surface area contributed by atoms with Gasteiger partial charge in [0.15, 0.2) is 0 Å². The van der Waals surface area contributed by atoms with Crippen LogP contribution in [0.2, 0.25) is 0 Å². The van der Waals surface area contributed by atoms with Crippen molar-refractivity contribution in [2.24, 2.45) is 0 Å². The summed E-state index contributed by atoms with van der Waals surface area (Å²) in [7, 11) is 0. The molecular formula is C6H8N4O. The first kappa shape index (κ1) is 6.33. The van der Waals surface area contributed by atoms with Crippen LogP contribution in [0.15, 0.2) is 12.4 Å². The quantitative estimate of drug-likeness (QED) is 0.517. The Kier molecular flexibility index (Phi) is 1.34. The number of aromatic nitrogens is 3. The molecule has 5 heteroatoms. The molecule has 1 saturated heterocycles. The van der Waals surface area contributed by atoms with Crippen LogP contribution >= 0.6 is 0 Å². The summed E-state index contributed by atoms with van der Waals surface area (Å²) in [6.45, 7) is 2.11. The minimum absolute atomic E-state index is 0.121. The van der Waals surface area contributed by atoms with Gasteiger partial charge in [-0.1, -0.05) is 5.21 Å². The van der Waals surface area contributed by atoms with Gasteiger partial charge in [-0.2, -0.15) is 0 Å². The van der Waals surface area contributed by atoms with Gasteiger partial charge in [-0.25, -0.2) is 4.68 Å². The van der Waals surface area contributed by atoms with E-state index in [1.165, 1.54) is 4.68 Å². The molecule has 0 N–H and O–H groups in total. The molecule has 1 aromatic heterocycles. The van der Waals surface area contributed by atoms with Gasteiger partial charge >= 0.3 is 0 Å². The van der Waals surface area contributed by atoms with Gasteiger partial charge in [-0.3, -0.25) is 4.79 Å². The van der Waals surface area contributed by atoms with Crippen LogP contribution in [0.5, 0.6) is 0 Å². The van der Waals surface area contributed by atoms with Gasteiger partial charge in [0.05, 0.1) is 6.20 Å². The average Bonchev–Trinajstić information content (AvgIpc) is 2.73. The first-order chi connectivity index (χ1) is 5.36. The van der Waals surface area contributed by atoms with Crippen molar-refractivity contribution >= 4 is 5.91 Å². The Hall–Kier alpha value is -1.39. The molecule has 2 heterocycles. The molecular weight excluding hydrogens is 144 g/mol. The number of carbonyl (C=O) groups is 1. The SMILES string of the molecule is O=C(Cn1ccnn1)N1CC1. The molecule has 5 nitrogen and oxygen atoms in total. The lowest BCUT2D eigenvalue weighted by molar-refractivity contribution is -0.126.